The van der Waals surface area contributed by atoms with Gasteiger partial charge in [-0.25, -0.2) is 4.79 Å². The van der Waals surface area contributed by atoms with Crippen LogP contribution in [0.4, 0.5) is 4.79 Å². The molecule has 7 nitrogen and oxygen atoms in total. The average molecular weight is 371 g/mol. The number of likely N-dealkylation sites (tertiary alicyclic amines) is 2. The Balaban J connectivity index is 1.31. The molecule has 4 rings (SSSR count). The fraction of sp³-hybridized carbons (Fsp3) is 0.550. The smallest absolute Gasteiger partial charge is 0.317 e. The van der Waals surface area contributed by atoms with Crippen molar-refractivity contribution < 1.29 is 19.5 Å². The molecule has 2 aliphatic heterocycles. The summed E-state index contributed by atoms with van der Waals surface area (Å²) in [5.41, 5.74) is 0.374. The highest BCUT2D eigenvalue weighted by Gasteiger charge is 2.48. The lowest BCUT2D eigenvalue weighted by atomic mass is 9.90. The molecule has 27 heavy (non-hydrogen) atoms. The molecule has 1 aromatic carbocycles. The lowest BCUT2D eigenvalue weighted by Gasteiger charge is -2.23. The van der Waals surface area contributed by atoms with Gasteiger partial charge in [-0.15, -0.1) is 0 Å². The van der Waals surface area contributed by atoms with Crippen molar-refractivity contribution in [1.82, 2.24) is 15.1 Å². The zero-order chi connectivity index (χ0) is 19.2. The van der Waals surface area contributed by atoms with Crippen LogP contribution in [-0.2, 0) is 9.59 Å². The van der Waals surface area contributed by atoms with Gasteiger partial charge in [-0.2, -0.15) is 0 Å². The number of rotatable bonds is 4. The molecule has 0 radical (unpaired) electrons. The molecule has 3 amide bonds. The van der Waals surface area contributed by atoms with Crippen molar-refractivity contribution in [2.75, 3.05) is 19.6 Å². The lowest BCUT2D eigenvalue weighted by molar-refractivity contribution is -0.147. The van der Waals surface area contributed by atoms with E-state index in [4.69, 9.17) is 0 Å². The van der Waals surface area contributed by atoms with Crippen LogP contribution in [0.1, 0.15) is 37.7 Å². The lowest BCUT2D eigenvalue weighted by Crippen LogP contribution is -2.46. The van der Waals surface area contributed by atoms with Crippen molar-refractivity contribution in [1.29, 1.82) is 0 Å². The van der Waals surface area contributed by atoms with Crippen molar-refractivity contribution >= 4 is 17.9 Å². The average Bonchev–Trinajstić information content (AvgIpc) is 3.20. The highest BCUT2D eigenvalue weighted by molar-refractivity contribution is 5.83. The largest absolute Gasteiger partial charge is 0.481 e. The Kier molecular flexibility index (Phi) is 4.32. The van der Waals surface area contributed by atoms with Crippen LogP contribution in [0.15, 0.2) is 30.3 Å². The second-order valence-electron chi connectivity index (χ2n) is 8.25. The number of nitrogens with zero attached hydrogens (tertiary/aromatic N) is 2. The summed E-state index contributed by atoms with van der Waals surface area (Å²) in [5, 5.41) is 12.2. The number of carbonyl (C=O) groups excluding carboxylic acids is 2. The zero-order valence-corrected chi connectivity index (χ0v) is 15.4. The maximum absolute atomic E-state index is 12.5. The summed E-state index contributed by atoms with van der Waals surface area (Å²) in [4.78, 5) is 39.7. The van der Waals surface area contributed by atoms with Crippen LogP contribution in [0.2, 0.25) is 0 Å². The number of hydrogen-bond acceptors (Lipinski definition) is 3. The topological polar surface area (TPSA) is 90.0 Å². The monoisotopic (exact) mass is 371 g/mol. The Morgan fingerprint density at radius 2 is 2.00 bits per heavy atom. The maximum atomic E-state index is 12.5. The molecule has 1 saturated carbocycles. The van der Waals surface area contributed by atoms with E-state index in [1.807, 2.05) is 23.1 Å². The predicted octanol–water partition coefficient (Wildman–Crippen LogP) is 1.65. The molecular weight excluding hydrogens is 346 g/mol. The number of carbonyl (C=O) groups is 3. The third-order valence-corrected chi connectivity index (χ3v) is 6.15. The van der Waals surface area contributed by atoms with Crippen LogP contribution in [0.5, 0.6) is 0 Å². The molecule has 144 valence electrons. The quantitative estimate of drug-likeness (QED) is 0.842. The van der Waals surface area contributed by atoms with Gasteiger partial charge >= 0.3 is 12.0 Å². The minimum absolute atomic E-state index is 0.0838. The summed E-state index contributed by atoms with van der Waals surface area (Å²) in [6.45, 7) is 2.83. The van der Waals surface area contributed by atoms with Gasteiger partial charge in [0.05, 0.1) is 11.5 Å². The summed E-state index contributed by atoms with van der Waals surface area (Å²) < 4.78 is 0. The minimum atomic E-state index is -0.883. The molecule has 3 aliphatic rings. The molecule has 0 spiro atoms. The van der Waals surface area contributed by atoms with Crippen molar-refractivity contribution in [3.63, 3.8) is 0 Å². The summed E-state index contributed by atoms with van der Waals surface area (Å²) >= 11 is 0. The molecular formula is C20H25N3O4. The Morgan fingerprint density at radius 3 is 2.67 bits per heavy atom. The fourth-order valence-corrected chi connectivity index (χ4v) is 4.31. The van der Waals surface area contributed by atoms with Crippen LogP contribution in [-0.4, -0.2) is 64.5 Å². The minimum Gasteiger partial charge on any atom is -0.481 e. The van der Waals surface area contributed by atoms with Gasteiger partial charge in [-0.05, 0) is 25.3 Å². The molecule has 1 aromatic rings. The SMILES string of the molecule is CC1(C(=O)O)CCN(C(=O)NC2CC(=O)N(C3CC3c3ccccc3)C2)C1. The van der Waals surface area contributed by atoms with Gasteiger partial charge in [0.1, 0.15) is 0 Å². The summed E-state index contributed by atoms with van der Waals surface area (Å²) in [7, 11) is 0. The molecule has 4 unspecified atom stereocenters. The van der Waals surface area contributed by atoms with E-state index in [1.54, 1.807) is 11.8 Å². The van der Waals surface area contributed by atoms with Crippen LogP contribution >= 0.6 is 0 Å². The van der Waals surface area contributed by atoms with Crippen molar-refractivity contribution in [2.24, 2.45) is 5.41 Å². The van der Waals surface area contributed by atoms with E-state index in [2.05, 4.69) is 17.4 Å². The van der Waals surface area contributed by atoms with Crippen LogP contribution in [0.25, 0.3) is 0 Å². The van der Waals surface area contributed by atoms with E-state index in [0.717, 1.165) is 6.42 Å². The van der Waals surface area contributed by atoms with E-state index in [1.165, 1.54) is 5.56 Å². The van der Waals surface area contributed by atoms with E-state index in [9.17, 15) is 19.5 Å². The Morgan fingerprint density at radius 1 is 1.26 bits per heavy atom. The third-order valence-electron chi connectivity index (χ3n) is 6.15. The second kappa shape index (κ2) is 6.55. The van der Waals surface area contributed by atoms with Gasteiger partial charge in [0.15, 0.2) is 0 Å². The predicted molar refractivity (Wildman–Crippen MR) is 98.2 cm³/mol. The molecule has 1 aliphatic carbocycles. The van der Waals surface area contributed by atoms with Gasteiger partial charge in [0.2, 0.25) is 5.91 Å². The summed E-state index contributed by atoms with van der Waals surface area (Å²) in [6.07, 6.45) is 1.74. The number of carboxylic acid groups (broad SMARTS) is 1. The Bertz CT molecular complexity index is 768. The molecule has 2 heterocycles. The molecule has 2 saturated heterocycles. The summed E-state index contributed by atoms with van der Waals surface area (Å²) in [6, 6.07) is 9.95. The van der Waals surface area contributed by atoms with Gasteiger partial charge in [0.25, 0.3) is 0 Å². The van der Waals surface area contributed by atoms with E-state index < -0.39 is 11.4 Å². The van der Waals surface area contributed by atoms with Crippen molar-refractivity contribution in [3.05, 3.63) is 35.9 Å². The standard InChI is InChI=1S/C20H25N3O4/c1-20(18(25)26)7-8-22(12-20)19(27)21-14-9-17(24)23(11-14)16-10-15(16)13-5-3-2-4-6-13/h2-6,14-16H,7-12H2,1H3,(H,21,27)(H,25,26). The second-order valence-corrected chi connectivity index (χ2v) is 8.25. The van der Waals surface area contributed by atoms with Gasteiger partial charge in [-0.3, -0.25) is 9.59 Å². The van der Waals surface area contributed by atoms with E-state index >= 15 is 0 Å². The van der Waals surface area contributed by atoms with E-state index in [0.29, 0.717) is 31.8 Å². The van der Waals surface area contributed by atoms with Gasteiger partial charge < -0.3 is 20.2 Å². The first-order chi connectivity index (χ1) is 12.9. The third kappa shape index (κ3) is 3.38. The van der Waals surface area contributed by atoms with Crippen molar-refractivity contribution in [2.45, 2.75) is 44.2 Å². The maximum Gasteiger partial charge on any atom is 0.317 e. The van der Waals surface area contributed by atoms with Crippen LogP contribution in [0.3, 0.4) is 0 Å². The first-order valence-corrected chi connectivity index (χ1v) is 9.51. The zero-order valence-electron chi connectivity index (χ0n) is 15.4. The molecule has 0 aromatic heterocycles. The first-order valence-electron chi connectivity index (χ1n) is 9.51. The molecule has 7 heteroatoms. The number of nitrogens with one attached hydrogen (secondary N) is 1. The number of urea groups is 1. The summed E-state index contributed by atoms with van der Waals surface area (Å²) in [5.74, 6) is -0.402. The number of benzene rings is 1. The number of aliphatic carboxylic acids is 1. The van der Waals surface area contributed by atoms with E-state index in [-0.39, 0.29) is 30.6 Å². The van der Waals surface area contributed by atoms with Crippen molar-refractivity contribution in [3.8, 4) is 0 Å². The first kappa shape index (κ1) is 17.8. The highest BCUT2D eigenvalue weighted by atomic mass is 16.4. The highest BCUT2D eigenvalue weighted by Crippen LogP contribution is 2.46. The molecule has 4 atom stereocenters. The number of hydrogen-bond donors (Lipinski definition) is 2. The Labute approximate surface area is 158 Å². The Hall–Kier alpha value is -2.57. The van der Waals surface area contributed by atoms with Crippen LogP contribution in [0, 0.1) is 5.41 Å². The fourth-order valence-electron chi connectivity index (χ4n) is 4.31. The number of carboxylic acids is 1. The normalized spacial score (nSPS) is 32.6. The van der Waals surface area contributed by atoms with Crippen LogP contribution < -0.4 is 5.32 Å². The van der Waals surface area contributed by atoms with Gasteiger partial charge in [-0.1, -0.05) is 30.3 Å². The van der Waals surface area contributed by atoms with Gasteiger partial charge in [0, 0.05) is 38.0 Å². The molecule has 2 N–H and O–H groups in total. The number of amides is 3. The molecule has 0 bridgehead atoms. The molecule has 3 fully saturated rings.